The molecule has 0 saturated heterocycles. The predicted octanol–water partition coefficient (Wildman–Crippen LogP) is 9.38. The van der Waals surface area contributed by atoms with E-state index in [0.29, 0.717) is 0 Å². The highest BCUT2D eigenvalue weighted by atomic mass is 16.3. The lowest BCUT2D eigenvalue weighted by Crippen LogP contribution is -2.39. The van der Waals surface area contributed by atoms with Gasteiger partial charge < -0.3 is 5.11 Å². The number of hydrogen-bond acceptors (Lipinski definition) is 1. The van der Waals surface area contributed by atoms with Crippen LogP contribution in [0.15, 0.2) is 0 Å². The molecule has 0 aliphatic heterocycles. The quantitative estimate of drug-likeness (QED) is 0.315. The summed E-state index contributed by atoms with van der Waals surface area (Å²) in [7, 11) is 0. The van der Waals surface area contributed by atoms with Crippen LogP contribution in [0.25, 0.3) is 0 Å². The van der Waals surface area contributed by atoms with Crippen LogP contribution in [0.3, 0.4) is 0 Å². The van der Waals surface area contributed by atoms with Crippen molar-refractivity contribution < 1.29 is 5.11 Å². The van der Waals surface area contributed by atoms with Crippen molar-refractivity contribution in [3.63, 3.8) is 0 Å². The largest absolute Gasteiger partial charge is 0.393 e. The summed E-state index contributed by atoms with van der Waals surface area (Å²) in [4.78, 5) is 0. The molecule has 0 aromatic heterocycles. The molecule has 0 heterocycles. The number of rotatable bonds is 12. The van der Waals surface area contributed by atoms with Gasteiger partial charge in [0.1, 0.15) is 0 Å². The molecule has 2 aliphatic carbocycles. The predicted molar refractivity (Wildman–Crippen MR) is 142 cm³/mol. The minimum atomic E-state index is -0.115. The van der Waals surface area contributed by atoms with Crippen LogP contribution >= 0.6 is 0 Å². The van der Waals surface area contributed by atoms with Crippen LogP contribution in [-0.4, -0.2) is 11.2 Å². The Bertz CT molecular complexity index is 487. The average molecular weight is 449 g/mol. The van der Waals surface area contributed by atoms with Crippen LogP contribution in [0.1, 0.15) is 132 Å². The van der Waals surface area contributed by atoms with Gasteiger partial charge >= 0.3 is 0 Å². The molecule has 2 saturated carbocycles. The molecule has 7 atom stereocenters. The zero-order valence-corrected chi connectivity index (χ0v) is 23.3. The number of aliphatic hydroxyl groups is 1. The van der Waals surface area contributed by atoms with Crippen LogP contribution < -0.4 is 0 Å². The standard InChI is InChI=1S/C31H60O/c1-9-27(13-10-23(6)16-21(2)3)31-20-29(18-24(7)30(31)17-22(4)5)28-14-11-26(12-15-28)19-25(8)32/h21-32H,9-20H2,1-8H3/t23-,24-,25?,26?,27?,28?,29?,30-,31-/m1/s1. The van der Waals surface area contributed by atoms with E-state index in [0.717, 1.165) is 65.6 Å². The molecule has 0 spiro atoms. The van der Waals surface area contributed by atoms with Gasteiger partial charge in [-0.3, -0.25) is 0 Å². The molecule has 1 heteroatoms. The molecule has 1 nitrogen and oxygen atoms in total. The van der Waals surface area contributed by atoms with Gasteiger partial charge in [0, 0.05) is 0 Å². The molecule has 0 aromatic carbocycles. The lowest BCUT2D eigenvalue weighted by molar-refractivity contribution is 0.0158. The molecule has 0 bridgehead atoms. The van der Waals surface area contributed by atoms with Gasteiger partial charge in [0.15, 0.2) is 0 Å². The maximum atomic E-state index is 9.82. The fourth-order valence-corrected chi connectivity index (χ4v) is 8.09. The average Bonchev–Trinajstić information content (AvgIpc) is 2.69. The van der Waals surface area contributed by atoms with Crippen molar-refractivity contribution in [3.05, 3.63) is 0 Å². The van der Waals surface area contributed by atoms with Gasteiger partial charge in [0.05, 0.1) is 6.10 Å². The SMILES string of the molecule is CCC(CC[C@@H](C)CC(C)C)[C@H]1CC(C2CCC(CC(C)O)CC2)C[C@@H](C)[C@H]1CC(C)C. The number of aliphatic hydroxyl groups excluding tert-OH is 1. The molecule has 2 fully saturated rings. The van der Waals surface area contributed by atoms with Gasteiger partial charge in [0.25, 0.3) is 0 Å². The Morgan fingerprint density at radius 2 is 1.44 bits per heavy atom. The van der Waals surface area contributed by atoms with Crippen LogP contribution in [0.5, 0.6) is 0 Å². The topological polar surface area (TPSA) is 20.2 Å². The summed E-state index contributed by atoms with van der Waals surface area (Å²) < 4.78 is 0. The third-order valence-electron chi connectivity index (χ3n) is 9.54. The summed E-state index contributed by atoms with van der Waals surface area (Å²) in [6, 6.07) is 0. The van der Waals surface area contributed by atoms with Crippen LogP contribution in [-0.2, 0) is 0 Å². The molecule has 2 aliphatic rings. The second kappa shape index (κ2) is 13.7. The van der Waals surface area contributed by atoms with Crippen LogP contribution in [0.4, 0.5) is 0 Å². The van der Waals surface area contributed by atoms with E-state index < -0.39 is 0 Å². The molecule has 3 unspecified atom stereocenters. The Balaban J connectivity index is 2.04. The first kappa shape index (κ1) is 28.2. The first-order valence-electron chi connectivity index (χ1n) is 14.8. The molecule has 0 amide bonds. The Kier molecular flexibility index (Phi) is 12.1. The minimum Gasteiger partial charge on any atom is -0.393 e. The highest BCUT2D eigenvalue weighted by Crippen LogP contribution is 2.51. The van der Waals surface area contributed by atoms with Gasteiger partial charge in [-0.1, -0.05) is 74.1 Å². The van der Waals surface area contributed by atoms with Crippen molar-refractivity contribution in [3.8, 4) is 0 Å². The van der Waals surface area contributed by atoms with Gasteiger partial charge in [-0.15, -0.1) is 0 Å². The maximum Gasteiger partial charge on any atom is 0.0514 e. The zero-order chi connectivity index (χ0) is 23.8. The van der Waals surface area contributed by atoms with E-state index >= 15 is 0 Å². The van der Waals surface area contributed by atoms with Crippen molar-refractivity contribution in [2.24, 2.45) is 59.2 Å². The van der Waals surface area contributed by atoms with Gasteiger partial charge in [-0.05, 0) is 117 Å². The van der Waals surface area contributed by atoms with E-state index in [1.807, 2.05) is 6.92 Å². The molecule has 1 N–H and O–H groups in total. The van der Waals surface area contributed by atoms with Crippen LogP contribution in [0.2, 0.25) is 0 Å². The summed E-state index contributed by atoms with van der Waals surface area (Å²) in [5.74, 6) is 8.99. The smallest absolute Gasteiger partial charge is 0.0514 e. The number of hydrogen-bond donors (Lipinski definition) is 1. The van der Waals surface area contributed by atoms with E-state index in [1.165, 1.54) is 70.6 Å². The second-order valence-electron chi connectivity index (χ2n) is 13.5. The van der Waals surface area contributed by atoms with Crippen molar-refractivity contribution in [2.75, 3.05) is 0 Å². The molecular formula is C31H60O. The van der Waals surface area contributed by atoms with E-state index in [1.54, 1.807) is 0 Å². The van der Waals surface area contributed by atoms with E-state index in [9.17, 15) is 5.11 Å². The second-order valence-corrected chi connectivity index (χ2v) is 13.5. The van der Waals surface area contributed by atoms with Crippen molar-refractivity contribution in [1.82, 2.24) is 0 Å². The summed E-state index contributed by atoms with van der Waals surface area (Å²) in [6.07, 6.45) is 16.6. The lowest BCUT2D eigenvalue weighted by Gasteiger charge is -2.48. The monoisotopic (exact) mass is 448 g/mol. The highest BCUT2D eigenvalue weighted by molar-refractivity contribution is 4.91. The fourth-order valence-electron chi connectivity index (χ4n) is 8.09. The fraction of sp³-hybridized carbons (Fsp3) is 1.00. The molecular weight excluding hydrogens is 388 g/mol. The van der Waals surface area contributed by atoms with Gasteiger partial charge in [-0.2, -0.15) is 0 Å². The first-order valence-corrected chi connectivity index (χ1v) is 14.8. The van der Waals surface area contributed by atoms with Gasteiger partial charge in [-0.25, -0.2) is 0 Å². The van der Waals surface area contributed by atoms with Gasteiger partial charge in [0.2, 0.25) is 0 Å². The summed E-state index contributed by atoms with van der Waals surface area (Å²) in [5, 5.41) is 9.82. The molecule has 190 valence electrons. The minimum absolute atomic E-state index is 0.115. The maximum absolute atomic E-state index is 9.82. The summed E-state index contributed by atoms with van der Waals surface area (Å²) in [5.41, 5.74) is 0. The van der Waals surface area contributed by atoms with Crippen molar-refractivity contribution in [1.29, 1.82) is 0 Å². The zero-order valence-electron chi connectivity index (χ0n) is 23.3. The van der Waals surface area contributed by atoms with Crippen molar-refractivity contribution in [2.45, 2.75) is 139 Å². The lowest BCUT2D eigenvalue weighted by atomic mass is 9.57. The summed E-state index contributed by atoms with van der Waals surface area (Å²) >= 11 is 0. The van der Waals surface area contributed by atoms with Crippen LogP contribution in [0, 0.1) is 59.2 Å². The van der Waals surface area contributed by atoms with E-state index in [4.69, 9.17) is 0 Å². The Morgan fingerprint density at radius 1 is 0.781 bits per heavy atom. The highest BCUT2D eigenvalue weighted by Gasteiger charge is 2.42. The summed E-state index contributed by atoms with van der Waals surface area (Å²) in [6.45, 7) is 19.2. The molecule has 0 radical (unpaired) electrons. The first-order chi connectivity index (χ1) is 15.1. The Hall–Kier alpha value is -0.0400. The third-order valence-corrected chi connectivity index (χ3v) is 9.54. The Labute approximate surface area is 202 Å². The van der Waals surface area contributed by atoms with Crippen molar-refractivity contribution >= 4 is 0 Å². The molecule has 2 rings (SSSR count). The third kappa shape index (κ3) is 8.96. The van der Waals surface area contributed by atoms with E-state index in [2.05, 4.69) is 48.5 Å². The Morgan fingerprint density at radius 3 is 1.97 bits per heavy atom. The molecule has 32 heavy (non-hydrogen) atoms. The molecule has 0 aromatic rings. The normalized spacial score (nSPS) is 34.6. The van der Waals surface area contributed by atoms with E-state index in [-0.39, 0.29) is 6.10 Å².